The van der Waals surface area contributed by atoms with Crippen LogP contribution >= 0.6 is 0 Å². The molecule has 0 aliphatic heterocycles. The summed E-state index contributed by atoms with van der Waals surface area (Å²) in [6, 6.07) is 6.25. The lowest BCUT2D eigenvalue weighted by atomic mass is 9.92. The van der Waals surface area contributed by atoms with Gasteiger partial charge < -0.3 is 24.1 Å². The van der Waals surface area contributed by atoms with Crippen molar-refractivity contribution in [1.82, 2.24) is 0 Å². The largest absolute Gasteiger partial charge is 0.493 e. The topological polar surface area (TPSA) is 108 Å². The third-order valence-electron chi connectivity index (χ3n) is 8.34. The van der Waals surface area contributed by atoms with Crippen molar-refractivity contribution in [2.24, 2.45) is 0 Å². The number of allylic oxidation sites excluding steroid dienone is 5. The Morgan fingerprint density at radius 2 is 1.44 bits per heavy atom. The minimum absolute atomic E-state index is 0.0735. The van der Waals surface area contributed by atoms with Crippen LogP contribution in [0.2, 0.25) is 0 Å². The predicted molar refractivity (Wildman–Crippen MR) is 199 cm³/mol. The van der Waals surface area contributed by atoms with Gasteiger partial charge in [-0.25, -0.2) is 9.59 Å². The van der Waals surface area contributed by atoms with Gasteiger partial charge in [-0.05, 0) is 81.7 Å². The molecule has 0 heterocycles. The van der Waals surface area contributed by atoms with Crippen LogP contribution < -0.4 is 4.74 Å². The van der Waals surface area contributed by atoms with Crippen LogP contribution in [0, 0.1) is 0 Å². The third kappa shape index (κ3) is 16.7. The summed E-state index contributed by atoms with van der Waals surface area (Å²) in [4.78, 5) is 35.7. The number of unbranched alkanes of at least 4 members (excludes halogenated alkanes) is 7. The standard InChI is InChI=1S/C42H60O8/c1-7-8-9-10-11-12-13-14-24-47-39-23-22-35(29-36(39)19-16-25-48-41(45)31(2)3)34-18-15-21-40(50-38(30-43)27-33(6)44)37(28-34)20-17-26-49-42(46)32(4)5/h15,18,21-23,28-29,34,38,43H,2,4,7-14,16-17,19-20,24-27,30H2,1,3,5-6H3/t34?,38-/m0/s1. The average molecular weight is 693 g/mol. The maximum absolute atomic E-state index is 11.9. The van der Waals surface area contributed by atoms with Gasteiger partial charge in [-0.15, -0.1) is 0 Å². The first-order valence-corrected chi connectivity index (χ1v) is 18.3. The molecule has 0 saturated carbocycles. The first-order chi connectivity index (χ1) is 24.0. The molecule has 0 saturated heterocycles. The van der Waals surface area contributed by atoms with E-state index in [2.05, 4.69) is 44.4 Å². The van der Waals surface area contributed by atoms with Gasteiger partial charge >= 0.3 is 11.9 Å². The number of ketones is 1. The Hall–Kier alpha value is -3.91. The van der Waals surface area contributed by atoms with Gasteiger partial charge in [-0.1, -0.05) is 95.4 Å². The van der Waals surface area contributed by atoms with Crippen LogP contribution in [0.5, 0.6) is 5.75 Å². The molecule has 8 heteroatoms. The van der Waals surface area contributed by atoms with E-state index >= 15 is 0 Å². The highest BCUT2D eigenvalue weighted by atomic mass is 16.5. The number of ether oxygens (including phenoxy) is 4. The minimum Gasteiger partial charge on any atom is -0.493 e. The van der Waals surface area contributed by atoms with Crippen molar-refractivity contribution in [3.8, 4) is 5.75 Å². The quantitative estimate of drug-likeness (QED) is 0.0582. The number of carbonyl (C=O) groups is 3. The van der Waals surface area contributed by atoms with Crippen LogP contribution in [0.25, 0.3) is 0 Å². The molecule has 1 aliphatic carbocycles. The first-order valence-electron chi connectivity index (χ1n) is 18.3. The summed E-state index contributed by atoms with van der Waals surface area (Å²) < 4.78 is 23.2. The third-order valence-corrected chi connectivity index (χ3v) is 8.34. The number of aliphatic hydroxyl groups excluding tert-OH is 1. The van der Waals surface area contributed by atoms with E-state index in [0.29, 0.717) is 49.2 Å². The molecule has 0 spiro atoms. The second kappa shape index (κ2) is 24.3. The van der Waals surface area contributed by atoms with E-state index in [9.17, 15) is 19.5 Å². The molecule has 1 aromatic carbocycles. The van der Waals surface area contributed by atoms with Crippen LogP contribution in [0.1, 0.15) is 122 Å². The van der Waals surface area contributed by atoms with Crippen LogP contribution in [0.4, 0.5) is 0 Å². The van der Waals surface area contributed by atoms with Gasteiger partial charge in [-0.2, -0.15) is 0 Å². The lowest BCUT2D eigenvalue weighted by Crippen LogP contribution is -2.21. The lowest BCUT2D eigenvalue weighted by molar-refractivity contribution is -0.139. The molecule has 276 valence electrons. The maximum atomic E-state index is 11.9. The lowest BCUT2D eigenvalue weighted by Gasteiger charge is -2.21. The Morgan fingerprint density at radius 3 is 2.04 bits per heavy atom. The molecular formula is C42H60O8. The number of aliphatic hydroxyl groups is 1. The molecule has 1 unspecified atom stereocenters. The molecular weight excluding hydrogens is 632 g/mol. The van der Waals surface area contributed by atoms with E-state index in [-0.39, 0.29) is 37.9 Å². The Labute approximate surface area is 300 Å². The van der Waals surface area contributed by atoms with E-state index < -0.39 is 18.0 Å². The highest BCUT2D eigenvalue weighted by Gasteiger charge is 2.20. The number of carbonyl (C=O) groups excluding carboxylic acids is 3. The second-order valence-corrected chi connectivity index (χ2v) is 13.2. The zero-order valence-corrected chi connectivity index (χ0v) is 30.9. The second-order valence-electron chi connectivity index (χ2n) is 13.2. The van der Waals surface area contributed by atoms with E-state index in [0.717, 1.165) is 35.3 Å². The highest BCUT2D eigenvalue weighted by molar-refractivity contribution is 5.87. The van der Waals surface area contributed by atoms with E-state index in [1.54, 1.807) is 13.8 Å². The summed E-state index contributed by atoms with van der Waals surface area (Å²) in [5.74, 6) is 0.400. The number of aryl methyl sites for hydroxylation is 1. The zero-order chi connectivity index (χ0) is 36.7. The summed E-state index contributed by atoms with van der Waals surface area (Å²) in [5.41, 5.74) is 3.70. The molecule has 8 nitrogen and oxygen atoms in total. The normalized spacial score (nSPS) is 14.5. The van der Waals surface area contributed by atoms with Crippen molar-refractivity contribution in [3.05, 3.63) is 89.3 Å². The monoisotopic (exact) mass is 692 g/mol. The van der Waals surface area contributed by atoms with Gasteiger partial charge in [0, 0.05) is 23.5 Å². The molecule has 2 atom stereocenters. The van der Waals surface area contributed by atoms with Crippen LogP contribution in [-0.4, -0.2) is 55.4 Å². The molecule has 0 amide bonds. The van der Waals surface area contributed by atoms with Gasteiger partial charge in [0.2, 0.25) is 0 Å². The molecule has 2 rings (SSSR count). The van der Waals surface area contributed by atoms with Crippen LogP contribution in [0.15, 0.2) is 78.1 Å². The number of hydrogen-bond donors (Lipinski definition) is 1. The number of esters is 2. The molecule has 0 radical (unpaired) electrons. The number of Topliss-reactive ketones (excluding diaryl/α,β-unsaturated/α-hetero) is 1. The molecule has 1 aromatic rings. The fourth-order valence-corrected chi connectivity index (χ4v) is 5.56. The zero-order valence-electron chi connectivity index (χ0n) is 30.9. The Bertz CT molecular complexity index is 1350. The van der Waals surface area contributed by atoms with Gasteiger partial charge in [0.05, 0.1) is 26.4 Å². The van der Waals surface area contributed by atoms with Gasteiger partial charge in [-0.3, -0.25) is 4.79 Å². The van der Waals surface area contributed by atoms with Crippen molar-refractivity contribution < 1.29 is 38.4 Å². The smallest absolute Gasteiger partial charge is 0.333 e. The van der Waals surface area contributed by atoms with Crippen LogP contribution in [-0.2, 0) is 35.0 Å². The molecule has 0 fully saturated rings. The molecule has 0 aromatic heterocycles. The van der Waals surface area contributed by atoms with Crippen molar-refractivity contribution in [1.29, 1.82) is 0 Å². The summed E-state index contributed by atoms with van der Waals surface area (Å²) in [6.45, 7) is 15.1. The molecule has 1 aliphatic rings. The maximum Gasteiger partial charge on any atom is 0.333 e. The fraction of sp³-hybridized carbons (Fsp3) is 0.548. The Balaban J connectivity index is 2.26. The van der Waals surface area contributed by atoms with E-state index in [1.165, 1.54) is 45.4 Å². The summed E-state index contributed by atoms with van der Waals surface area (Å²) >= 11 is 0. The highest BCUT2D eigenvalue weighted by Crippen LogP contribution is 2.33. The van der Waals surface area contributed by atoms with Crippen molar-refractivity contribution in [2.75, 3.05) is 26.4 Å². The number of rotatable bonds is 26. The summed E-state index contributed by atoms with van der Waals surface area (Å²) in [6.07, 6.45) is 19.6. The number of hydrogen-bond acceptors (Lipinski definition) is 8. The Kier molecular flexibility index (Phi) is 20.5. The van der Waals surface area contributed by atoms with E-state index in [4.69, 9.17) is 18.9 Å². The van der Waals surface area contributed by atoms with Gasteiger partial charge in [0.25, 0.3) is 0 Å². The van der Waals surface area contributed by atoms with Crippen molar-refractivity contribution in [2.45, 2.75) is 123 Å². The molecule has 1 N–H and O–H groups in total. The van der Waals surface area contributed by atoms with E-state index in [1.807, 2.05) is 18.2 Å². The number of benzene rings is 1. The average Bonchev–Trinajstić information content (AvgIpc) is 3.29. The van der Waals surface area contributed by atoms with Crippen LogP contribution in [0.3, 0.4) is 0 Å². The van der Waals surface area contributed by atoms with Crippen molar-refractivity contribution in [3.63, 3.8) is 0 Å². The fourth-order valence-electron chi connectivity index (χ4n) is 5.56. The Morgan fingerprint density at radius 1 is 0.820 bits per heavy atom. The van der Waals surface area contributed by atoms with Gasteiger partial charge in [0.1, 0.15) is 23.4 Å². The first kappa shape index (κ1) is 42.3. The van der Waals surface area contributed by atoms with Gasteiger partial charge in [0.15, 0.2) is 0 Å². The molecule has 50 heavy (non-hydrogen) atoms. The SMILES string of the molecule is C=C(C)C(=O)OCCCC1=CC(c2ccc(OCCCCCCCCCC)c(CCCOC(=O)C(=C)C)c2)C=CC=C1O[C@H](CO)CC(C)=O. The molecule has 0 bridgehead atoms. The van der Waals surface area contributed by atoms with Crippen molar-refractivity contribution >= 4 is 17.7 Å². The minimum atomic E-state index is -0.670. The summed E-state index contributed by atoms with van der Waals surface area (Å²) in [7, 11) is 0. The summed E-state index contributed by atoms with van der Waals surface area (Å²) in [5, 5.41) is 9.91. The predicted octanol–water partition coefficient (Wildman–Crippen LogP) is 8.98.